The SMILES string of the molecule is Cc1cc(N=O)c(C)cc1Cc1csc(-c2ccc3c(c2)CC(C)CC3)n1. The molecule has 1 aliphatic rings. The maximum Gasteiger partial charge on any atom is 0.123 e. The molecule has 0 spiro atoms. The Morgan fingerprint density at radius 2 is 2.00 bits per heavy atom. The molecule has 0 fully saturated rings. The Hall–Kier alpha value is -2.33. The highest BCUT2D eigenvalue weighted by Gasteiger charge is 2.16. The minimum absolute atomic E-state index is 0.526. The predicted molar refractivity (Wildman–Crippen MR) is 113 cm³/mol. The number of nitroso groups, excluding NO2 is 1. The van der Waals surface area contributed by atoms with Crippen molar-refractivity contribution in [2.75, 3.05) is 0 Å². The molecule has 3 aromatic rings. The summed E-state index contributed by atoms with van der Waals surface area (Å²) in [6.45, 7) is 6.30. The van der Waals surface area contributed by atoms with Crippen LogP contribution in [0.5, 0.6) is 0 Å². The van der Waals surface area contributed by atoms with E-state index in [2.05, 4.69) is 41.7 Å². The van der Waals surface area contributed by atoms with Crippen LogP contribution in [0.4, 0.5) is 5.69 Å². The first-order valence-electron chi connectivity index (χ1n) is 9.53. The summed E-state index contributed by atoms with van der Waals surface area (Å²) in [6, 6.07) is 10.8. The van der Waals surface area contributed by atoms with E-state index in [1.807, 2.05) is 19.9 Å². The summed E-state index contributed by atoms with van der Waals surface area (Å²) < 4.78 is 0. The summed E-state index contributed by atoms with van der Waals surface area (Å²) in [5.41, 5.74) is 9.05. The van der Waals surface area contributed by atoms with E-state index in [1.165, 1.54) is 41.5 Å². The average Bonchev–Trinajstić information content (AvgIpc) is 3.12. The maximum atomic E-state index is 10.9. The van der Waals surface area contributed by atoms with Gasteiger partial charge in [0.2, 0.25) is 0 Å². The number of hydrogen-bond donors (Lipinski definition) is 0. The number of nitrogens with zero attached hydrogens (tertiary/aromatic N) is 2. The topological polar surface area (TPSA) is 42.3 Å². The Morgan fingerprint density at radius 1 is 1.15 bits per heavy atom. The highest BCUT2D eigenvalue weighted by Crippen LogP contribution is 2.32. The van der Waals surface area contributed by atoms with Crippen LogP contribution >= 0.6 is 11.3 Å². The fourth-order valence-electron chi connectivity index (χ4n) is 3.94. The molecule has 1 atom stereocenters. The van der Waals surface area contributed by atoms with Crippen molar-refractivity contribution >= 4 is 17.0 Å². The van der Waals surface area contributed by atoms with Crippen LogP contribution in [0.1, 0.15) is 46.9 Å². The molecular formula is C23H24N2OS. The van der Waals surface area contributed by atoms with Gasteiger partial charge < -0.3 is 0 Å². The third-order valence-electron chi connectivity index (χ3n) is 5.60. The number of aromatic nitrogens is 1. The van der Waals surface area contributed by atoms with Crippen LogP contribution in [-0.4, -0.2) is 4.98 Å². The Bertz CT molecular complexity index is 1010. The predicted octanol–water partition coefficient (Wildman–Crippen LogP) is 6.54. The molecule has 4 rings (SSSR count). The molecule has 27 heavy (non-hydrogen) atoms. The molecule has 0 amide bonds. The van der Waals surface area contributed by atoms with E-state index < -0.39 is 0 Å². The van der Waals surface area contributed by atoms with Crippen LogP contribution in [0.3, 0.4) is 0 Å². The highest BCUT2D eigenvalue weighted by molar-refractivity contribution is 7.13. The van der Waals surface area contributed by atoms with Crippen molar-refractivity contribution in [2.45, 2.75) is 46.5 Å². The Balaban J connectivity index is 1.58. The molecule has 0 saturated heterocycles. The number of rotatable bonds is 4. The number of thiazole rings is 1. The first kappa shape index (κ1) is 18.1. The molecular weight excluding hydrogens is 352 g/mol. The molecule has 138 valence electrons. The lowest BCUT2D eigenvalue weighted by Crippen LogP contribution is -2.11. The lowest BCUT2D eigenvalue weighted by molar-refractivity contribution is 0.501. The fraction of sp³-hybridized carbons (Fsp3) is 0.348. The van der Waals surface area contributed by atoms with Gasteiger partial charge in [-0.1, -0.05) is 25.1 Å². The van der Waals surface area contributed by atoms with Crippen molar-refractivity contribution < 1.29 is 0 Å². The number of hydrogen-bond acceptors (Lipinski definition) is 4. The molecule has 0 saturated carbocycles. The van der Waals surface area contributed by atoms with Crippen molar-refractivity contribution in [1.82, 2.24) is 4.98 Å². The molecule has 0 aliphatic heterocycles. The summed E-state index contributed by atoms with van der Waals surface area (Å²) in [7, 11) is 0. The zero-order valence-electron chi connectivity index (χ0n) is 16.1. The van der Waals surface area contributed by atoms with Gasteiger partial charge >= 0.3 is 0 Å². The summed E-state index contributed by atoms with van der Waals surface area (Å²) in [6.07, 6.45) is 4.45. The zero-order valence-corrected chi connectivity index (χ0v) is 16.9. The van der Waals surface area contributed by atoms with Crippen LogP contribution in [0.25, 0.3) is 10.6 Å². The van der Waals surface area contributed by atoms with Gasteiger partial charge in [0.25, 0.3) is 0 Å². The minimum atomic E-state index is 0.526. The lowest BCUT2D eigenvalue weighted by Gasteiger charge is -2.21. The largest absolute Gasteiger partial charge is 0.241 e. The fourth-order valence-corrected chi connectivity index (χ4v) is 4.75. The molecule has 0 radical (unpaired) electrons. The quantitative estimate of drug-likeness (QED) is 0.485. The van der Waals surface area contributed by atoms with Gasteiger partial charge in [-0.3, -0.25) is 0 Å². The van der Waals surface area contributed by atoms with Gasteiger partial charge in [-0.2, -0.15) is 0 Å². The monoisotopic (exact) mass is 376 g/mol. The van der Waals surface area contributed by atoms with Crippen LogP contribution < -0.4 is 0 Å². The molecule has 1 unspecified atom stereocenters. The Kier molecular flexibility index (Phi) is 4.92. The second kappa shape index (κ2) is 7.35. The van der Waals surface area contributed by atoms with E-state index in [1.54, 1.807) is 11.3 Å². The minimum Gasteiger partial charge on any atom is -0.241 e. The normalized spacial score (nSPS) is 16.2. The second-order valence-corrected chi connectivity index (χ2v) is 8.67. The number of aryl methyl sites for hydroxylation is 3. The van der Waals surface area contributed by atoms with E-state index >= 15 is 0 Å². The van der Waals surface area contributed by atoms with Crippen molar-refractivity contribution in [3.8, 4) is 10.6 Å². The van der Waals surface area contributed by atoms with E-state index in [0.29, 0.717) is 5.69 Å². The van der Waals surface area contributed by atoms with Crippen LogP contribution in [0.2, 0.25) is 0 Å². The molecule has 1 heterocycles. The van der Waals surface area contributed by atoms with Gasteiger partial charge in [0.05, 0.1) is 5.69 Å². The van der Waals surface area contributed by atoms with Gasteiger partial charge in [-0.25, -0.2) is 4.98 Å². The molecule has 3 nitrogen and oxygen atoms in total. The Labute approximate surface area is 164 Å². The average molecular weight is 377 g/mol. The molecule has 1 aliphatic carbocycles. The molecule has 2 aromatic carbocycles. The van der Waals surface area contributed by atoms with Gasteiger partial charge in [0.15, 0.2) is 0 Å². The number of benzene rings is 2. The number of fused-ring (bicyclic) bond motifs is 1. The van der Waals surface area contributed by atoms with E-state index in [9.17, 15) is 4.91 Å². The molecule has 0 N–H and O–H groups in total. The smallest absolute Gasteiger partial charge is 0.123 e. The zero-order chi connectivity index (χ0) is 19.0. The van der Waals surface area contributed by atoms with Gasteiger partial charge in [0.1, 0.15) is 10.7 Å². The lowest BCUT2D eigenvalue weighted by atomic mass is 9.84. The summed E-state index contributed by atoms with van der Waals surface area (Å²) in [4.78, 5) is 15.8. The molecule has 1 aromatic heterocycles. The summed E-state index contributed by atoms with van der Waals surface area (Å²) in [5.74, 6) is 0.773. The van der Waals surface area contributed by atoms with Crippen molar-refractivity contribution in [3.63, 3.8) is 0 Å². The van der Waals surface area contributed by atoms with Gasteiger partial charge in [-0.15, -0.1) is 16.2 Å². The van der Waals surface area contributed by atoms with Crippen LogP contribution in [0, 0.1) is 24.7 Å². The maximum absolute atomic E-state index is 10.9. The molecule has 4 heteroatoms. The van der Waals surface area contributed by atoms with E-state index in [-0.39, 0.29) is 0 Å². The first-order valence-corrected chi connectivity index (χ1v) is 10.4. The molecule has 0 bridgehead atoms. The summed E-state index contributed by atoms with van der Waals surface area (Å²) in [5, 5.41) is 6.34. The highest BCUT2D eigenvalue weighted by atomic mass is 32.1. The van der Waals surface area contributed by atoms with E-state index in [4.69, 9.17) is 4.98 Å². The van der Waals surface area contributed by atoms with Crippen molar-refractivity contribution in [2.24, 2.45) is 11.1 Å². The summed E-state index contributed by atoms with van der Waals surface area (Å²) >= 11 is 1.71. The van der Waals surface area contributed by atoms with Gasteiger partial charge in [0, 0.05) is 17.4 Å². The van der Waals surface area contributed by atoms with E-state index in [0.717, 1.165) is 34.2 Å². The third-order valence-corrected chi connectivity index (χ3v) is 6.54. The Morgan fingerprint density at radius 3 is 2.81 bits per heavy atom. The van der Waals surface area contributed by atoms with Crippen molar-refractivity contribution in [3.05, 3.63) is 74.1 Å². The van der Waals surface area contributed by atoms with Crippen LogP contribution in [-0.2, 0) is 19.3 Å². The standard InChI is InChI=1S/C23H24N2OS/c1-14-4-5-17-6-7-18(11-20(17)8-14)23-24-21(13-27-23)12-19-9-16(3)22(25-26)10-15(19)2/h6-7,9-11,13-14H,4-5,8,12H2,1-3H3. The van der Waals surface area contributed by atoms with Gasteiger partial charge in [-0.05, 0) is 84.2 Å². The van der Waals surface area contributed by atoms with Crippen LogP contribution in [0.15, 0.2) is 40.9 Å². The first-order chi connectivity index (χ1) is 13.0. The second-order valence-electron chi connectivity index (χ2n) is 7.81. The third kappa shape index (κ3) is 3.72. The van der Waals surface area contributed by atoms with Crippen molar-refractivity contribution in [1.29, 1.82) is 0 Å².